The zero-order valence-electron chi connectivity index (χ0n) is 13.7. The minimum Gasteiger partial charge on any atom is -0.490 e. The van der Waals surface area contributed by atoms with Gasteiger partial charge in [0.05, 0.1) is 0 Å². The molecule has 1 atom stereocenters. The standard InChI is InChI=1S/C20H24N2O2/c23-17(14-21-12-5-8-16-6-2-1-3-7-16)15-24-20-10-4-9-19-18(20)11-13-22-19/h1-4,6-7,9-11,13,17,21-23H,5,8,12,14-15H2. The highest BCUT2D eigenvalue weighted by Gasteiger charge is 2.07. The fourth-order valence-corrected chi connectivity index (χ4v) is 2.76. The molecular formula is C20H24N2O2. The van der Waals surface area contributed by atoms with Crippen molar-refractivity contribution < 1.29 is 9.84 Å². The minimum atomic E-state index is -0.518. The minimum absolute atomic E-state index is 0.288. The molecule has 126 valence electrons. The molecule has 0 aliphatic rings. The maximum Gasteiger partial charge on any atom is 0.128 e. The molecule has 4 heteroatoms. The fraction of sp³-hybridized carbons (Fsp3) is 0.300. The highest BCUT2D eigenvalue weighted by molar-refractivity contribution is 5.85. The first-order valence-electron chi connectivity index (χ1n) is 8.44. The summed E-state index contributed by atoms with van der Waals surface area (Å²) in [5.74, 6) is 0.803. The molecule has 2 aromatic carbocycles. The van der Waals surface area contributed by atoms with Crippen LogP contribution in [0.25, 0.3) is 10.9 Å². The molecule has 0 spiro atoms. The van der Waals surface area contributed by atoms with Crippen molar-refractivity contribution in [3.8, 4) is 5.75 Å². The number of hydrogen-bond acceptors (Lipinski definition) is 3. The van der Waals surface area contributed by atoms with Crippen LogP contribution in [0.1, 0.15) is 12.0 Å². The van der Waals surface area contributed by atoms with Crippen molar-refractivity contribution in [3.63, 3.8) is 0 Å². The van der Waals surface area contributed by atoms with E-state index in [1.165, 1.54) is 5.56 Å². The van der Waals surface area contributed by atoms with Crippen molar-refractivity contribution in [2.75, 3.05) is 19.7 Å². The smallest absolute Gasteiger partial charge is 0.128 e. The van der Waals surface area contributed by atoms with Crippen LogP contribution in [0.5, 0.6) is 5.75 Å². The van der Waals surface area contributed by atoms with Crippen LogP contribution in [-0.4, -0.2) is 35.9 Å². The number of benzene rings is 2. The summed E-state index contributed by atoms with van der Waals surface area (Å²) in [6.07, 6.45) is 3.48. The Morgan fingerprint density at radius 3 is 2.79 bits per heavy atom. The lowest BCUT2D eigenvalue weighted by Crippen LogP contribution is -2.32. The molecule has 4 nitrogen and oxygen atoms in total. The van der Waals surface area contributed by atoms with Crippen LogP contribution < -0.4 is 10.1 Å². The number of aryl methyl sites for hydroxylation is 1. The van der Waals surface area contributed by atoms with Gasteiger partial charge in [-0.3, -0.25) is 0 Å². The van der Waals surface area contributed by atoms with E-state index >= 15 is 0 Å². The number of aromatic nitrogens is 1. The zero-order valence-corrected chi connectivity index (χ0v) is 13.7. The van der Waals surface area contributed by atoms with Crippen LogP contribution in [0, 0.1) is 0 Å². The van der Waals surface area contributed by atoms with Gasteiger partial charge in [-0.05, 0) is 43.1 Å². The van der Waals surface area contributed by atoms with Gasteiger partial charge in [-0.1, -0.05) is 36.4 Å². The summed E-state index contributed by atoms with van der Waals surface area (Å²) in [4.78, 5) is 3.15. The molecule has 24 heavy (non-hydrogen) atoms. The fourth-order valence-electron chi connectivity index (χ4n) is 2.76. The van der Waals surface area contributed by atoms with Gasteiger partial charge in [-0.15, -0.1) is 0 Å². The molecule has 0 amide bonds. The number of aromatic amines is 1. The van der Waals surface area contributed by atoms with E-state index in [9.17, 15) is 5.11 Å². The predicted octanol–water partition coefficient (Wildman–Crippen LogP) is 3.13. The second kappa shape index (κ2) is 8.52. The Labute approximate surface area is 142 Å². The van der Waals surface area contributed by atoms with Crippen LogP contribution in [0.4, 0.5) is 0 Å². The number of aliphatic hydroxyl groups excluding tert-OH is 1. The lowest BCUT2D eigenvalue weighted by Gasteiger charge is -2.14. The molecular weight excluding hydrogens is 300 g/mol. The lowest BCUT2D eigenvalue weighted by atomic mass is 10.1. The molecule has 0 bridgehead atoms. The van der Waals surface area contributed by atoms with Gasteiger partial charge in [-0.2, -0.15) is 0 Å². The van der Waals surface area contributed by atoms with E-state index in [1.54, 1.807) is 0 Å². The third-order valence-corrected chi connectivity index (χ3v) is 4.03. The van der Waals surface area contributed by atoms with E-state index in [0.717, 1.165) is 36.0 Å². The van der Waals surface area contributed by atoms with Gasteiger partial charge in [0.15, 0.2) is 0 Å². The predicted molar refractivity (Wildman–Crippen MR) is 97.4 cm³/mol. The summed E-state index contributed by atoms with van der Waals surface area (Å²) in [6, 6.07) is 18.3. The van der Waals surface area contributed by atoms with Gasteiger partial charge >= 0.3 is 0 Å². The van der Waals surface area contributed by atoms with Gasteiger partial charge in [0.25, 0.3) is 0 Å². The Kier molecular flexibility index (Phi) is 5.88. The molecule has 0 saturated carbocycles. The van der Waals surface area contributed by atoms with Crippen molar-refractivity contribution in [2.45, 2.75) is 18.9 Å². The third kappa shape index (κ3) is 4.60. The summed E-state index contributed by atoms with van der Waals surface area (Å²) in [5, 5.41) is 14.4. The maximum atomic E-state index is 10.1. The molecule has 0 aliphatic carbocycles. The number of H-pyrrole nitrogens is 1. The van der Waals surface area contributed by atoms with Crippen LogP contribution in [-0.2, 0) is 6.42 Å². The number of rotatable bonds is 9. The summed E-state index contributed by atoms with van der Waals surface area (Å²) in [7, 11) is 0. The van der Waals surface area contributed by atoms with E-state index in [-0.39, 0.29) is 6.61 Å². The van der Waals surface area contributed by atoms with E-state index in [1.807, 2.05) is 36.5 Å². The lowest BCUT2D eigenvalue weighted by molar-refractivity contribution is 0.107. The van der Waals surface area contributed by atoms with Crippen molar-refractivity contribution in [3.05, 3.63) is 66.4 Å². The van der Waals surface area contributed by atoms with Gasteiger partial charge in [0.2, 0.25) is 0 Å². The molecule has 1 aromatic heterocycles. The topological polar surface area (TPSA) is 57.3 Å². The molecule has 0 aliphatic heterocycles. The molecule has 1 heterocycles. The highest BCUT2D eigenvalue weighted by Crippen LogP contribution is 2.24. The second-order valence-electron chi connectivity index (χ2n) is 5.95. The number of fused-ring (bicyclic) bond motifs is 1. The van der Waals surface area contributed by atoms with Crippen LogP contribution in [0.15, 0.2) is 60.8 Å². The van der Waals surface area contributed by atoms with E-state index in [2.05, 4.69) is 34.6 Å². The van der Waals surface area contributed by atoms with Gasteiger partial charge in [0.1, 0.15) is 18.5 Å². The SMILES string of the molecule is OC(CNCCCc1ccccc1)COc1cccc2[nH]ccc12. The molecule has 3 N–H and O–H groups in total. The first kappa shape index (κ1) is 16.6. The second-order valence-corrected chi connectivity index (χ2v) is 5.95. The molecule has 1 unspecified atom stereocenters. The first-order valence-corrected chi connectivity index (χ1v) is 8.44. The number of nitrogens with one attached hydrogen (secondary N) is 2. The van der Waals surface area contributed by atoms with Crippen LogP contribution >= 0.6 is 0 Å². The normalized spacial score (nSPS) is 12.4. The van der Waals surface area contributed by atoms with E-state index in [4.69, 9.17) is 4.74 Å². The Bertz CT molecular complexity index is 739. The molecule has 0 saturated heterocycles. The molecule has 0 fully saturated rings. The average Bonchev–Trinajstić information content (AvgIpc) is 3.10. The summed E-state index contributed by atoms with van der Waals surface area (Å²) < 4.78 is 5.76. The average molecular weight is 324 g/mol. The van der Waals surface area contributed by atoms with Crippen molar-refractivity contribution in [1.29, 1.82) is 0 Å². The van der Waals surface area contributed by atoms with Gasteiger partial charge in [0, 0.05) is 23.6 Å². The third-order valence-electron chi connectivity index (χ3n) is 4.03. The summed E-state index contributed by atoms with van der Waals surface area (Å²) in [5.41, 5.74) is 2.39. The number of aliphatic hydroxyl groups is 1. The largest absolute Gasteiger partial charge is 0.490 e. The zero-order chi connectivity index (χ0) is 16.6. The van der Waals surface area contributed by atoms with Crippen molar-refractivity contribution in [1.82, 2.24) is 10.3 Å². The highest BCUT2D eigenvalue weighted by atomic mass is 16.5. The summed E-state index contributed by atoms with van der Waals surface area (Å²) in [6.45, 7) is 1.72. The molecule has 3 aromatic rings. The quantitative estimate of drug-likeness (QED) is 0.530. The maximum absolute atomic E-state index is 10.1. The van der Waals surface area contributed by atoms with Crippen LogP contribution in [0.2, 0.25) is 0 Å². The Morgan fingerprint density at radius 1 is 1.04 bits per heavy atom. The number of hydrogen-bond donors (Lipinski definition) is 3. The monoisotopic (exact) mass is 324 g/mol. The molecule has 3 rings (SSSR count). The van der Waals surface area contributed by atoms with E-state index < -0.39 is 6.10 Å². The molecule has 0 radical (unpaired) electrons. The Hall–Kier alpha value is -2.30. The number of ether oxygens (including phenoxy) is 1. The van der Waals surface area contributed by atoms with E-state index in [0.29, 0.717) is 6.54 Å². The first-order chi connectivity index (χ1) is 11.8. The Balaban J connectivity index is 1.34. The Morgan fingerprint density at radius 2 is 1.92 bits per heavy atom. The summed E-state index contributed by atoms with van der Waals surface area (Å²) >= 11 is 0. The van der Waals surface area contributed by atoms with Gasteiger partial charge in [-0.25, -0.2) is 0 Å². The van der Waals surface area contributed by atoms with Gasteiger partial charge < -0.3 is 20.1 Å². The van der Waals surface area contributed by atoms with Crippen molar-refractivity contribution in [2.24, 2.45) is 0 Å². The van der Waals surface area contributed by atoms with Crippen LogP contribution in [0.3, 0.4) is 0 Å². The van der Waals surface area contributed by atoms with Crippen molar-refractivity contribution >= 4 is 10.9 Å².